The third-order valence-electron chi connectivity index (χ3n) is 2.10. The fourth-order valence-corrected chi connectivity index (χ4v) is 2.40. The van der Waals surface area contributed by atoms with Gasteiger partial charge in [0.15, 0.2) is 11.5 Å². The zero-order valence-corrected chi connectivity index (χ0v) is 9.97. The molecule has 0 atom stereocenters. The number of hydrogen-bond acceptors (Lipinski definition) is 5. The quantitative estimate of drug-likeness (QED) is 0.774. The predicted molar refractivity (Wildman–Crippen MR) is 57.6 cm³/mol. The lowest BCUT2D eigenvalue weighted by Gasteiger charge is -2.08. The van der Waals surface area contributed by atoms with E-state index in [0.29, 0.717) is 22.8 Å². The van der Waals surface area contributed by atoms with E-state index in [-0.39, 0.29) is 12.5 Å². The lowest BCUT2D eigenvalue weighted by atomic mass is 10.2. The molecule has 0 amide bonds. The number of hydrogen-bond donors (Lipinski definition) is 0. The van der Waals surface area contributed by atoms with Crippen molar-refractivity contribution in [3.05, 3.63) is 17.7 Å². The summed E-state index contributed by atoms with van der Waals surface area (Å²) in [7, 11) is 3.01. The molecule has 1 aromatic rings. The summed E-state index contributed by atoms with van der Waals surface area (Å²) in [6, 6.07) is 3.14. The van der Waals surface area contributed by atoms with Gasteiger partial charge in [0.2, 0.25) is 15.8 Å². The Balaban J connectivity index is 2.44. The average Bonchev–Trinajstić information content (AvgIpc) is 2.60. The highest BCUT2D eigenvalue weighted by Crippen LogP contribution is 2.38. The van der Waals surface area contributed by atoms with E-state index >= 15 is 0 Å². The van der Waals surface area contributed by atoms with Crippen molar-refractivity contribution in [3.8, 4) is 17.2 Å². The normalized spacial score (nSPS) is 13.9. The first-order chi connectivity index (χ1) is 7.49. The number of ether oxygens (including phenoxy) is 3. The molecule has 5 nitrogen and oxygen atoms in total. The number of halogens is 1. The van der Waals surface area contributed by atoms with Gasteiger partial charge < -0.3 is 14.2 Å². The summed E-state index contributed by atoms with van der Waals surface area (Å²) in [5, 5.41) is 0. The van der Waals surface area contributed by atoms with E-state index in [0.717, 1.165) is 0 Å². The smallest absolute Gasteiger partial charge is 0.236 e. The van der Waals surface area contributed by atoms with Crippen molar-refractivity contribution in [1.82, 2.24) is 0 Å². The van der Waals surface area contributed by atoms with E-state index in [1.807, 2.05) is 0 Å². The summed E-state index contributed by atoms with van der Waals surface area (Å²) in [6.45, 7) is 0.121. The van der Waals surface area contributed by atoms with Gasteiger partial charge in [-0.1, -0.05) is 0 Å². The maximum absolute atomic E-state index is 11.0. The van der Waals surface area contributed by atoms with Crippen LogP contribution < -0.4 is 14.2 Å². The minimum atomic E-state index is -3.63. The molecule has 0 radical (unpaired) electrons. The first-order valence-corrected chi connectivity index (χ1v) is 6.86. The zero-order valence-electron chi connectivity index (χ0n) is 8.40. The van der Waals surface area contributed by atoms with Gasteiger partial charge in [0, 0.05) is 22.3 Å². The number of benzene rings is 1. The fourth-order valence-electron chi connectivity index (χ4n) is 1.45. The van der Waals surface area contributed by atoms with E-state index in [1.165, 1.54) is 7.11 Å². The molecule has 88 valence electrons. The molecule has 0 fully saturated rings. The van der Waals surface area contributed by atoms with Gasteiger partial charge in [-0.25, -0.2) is 8.42 Å². The van der Waals surface area contributed by atoms with Gasteiger partial charge in [-0.2, -0.15) is 0 Å². The number of methoxy groups -OCH3 is 1. The van der Waals surface area contributed by atoms with Crippen LogP contribution in [0.3, 0.4) is 0 Å². The fraction of sp³-hybridized carbons (Fsp3) is 0.333. The Morgan fingerprint density at radius 2 is 2.00 bits per heavy atom. The average molecular weight is 265 g/mol. The van der Waals surface area contributed by atoms with Gasteiger partial charge in [-0.15, -0.1) is 0 Å². The van der Waals surface area contributed by atoms with Crippen molar-refractivity contribution in [3.63, 3.8) is 0 Å². The van der Waals surface area contributed by atoms with Gasteiger partial charge in [0.25, 0.3) is 0 Å². The van der Waals surface area contributed by atoms with Crippen molar-refractivity contribution in [2.75, 3.05) is 13.9 Å². The van der Waals surface area contributed by atoms with E-state index < -0.39 is 9.05 Å². The number of rotatable bonds is 3. The summed E-state index contributed by atoms with van der Waals surface area (Å²) >= 11 is 0. The molecule has 16 heavy (non-hydrogen) atoms. The molecule has 0 spiro atoms. The van der Waals surface area contributed by atoms with Gasteiger partial charge in [0.05, 0.1) is 12.9 Å². The standard InChI is InChI=1S/C9H9ClO5S/c1-13-7-3-9-8(14-5-15-9)2-6(7)4-16(10,11)12/h2-3H,4-5H2,1H3. The van der Waals surface area contributed by atoms with Crippen LogP contribution in [0, 0.1) is 0 Å². The van der Waals surface area contributed by atoms with Crippen LogP contribution in [0.15, 0.2) is 12.1 Å². The molecule has 0 saturated heterocycles. The monoisotopic (exact) mass is 264 g/mol. The van der Waals surface area contributed by atoms with Crippen LogP contribution in [0.25, 0.3) is 0 Å². The number of fused-ring (bicyclic) bond motifs is 1. The second-order valence-corrected chi connectivity index (χ2v) is 5.98. The lowest BCUT2D eigenvalue weighted by Crippen LogP contribution is -1.98. The Morgan fingerprint density at radius 1 is 1.38 bits per heavy atom. The van der Waals surface area contributed by atoms with Crippen molar-refractivity contribution >= 4 is 19.7 Å². The van der Waals surface area contributed by atoms with E-state index in [1.54, 1.807) is 12.1 Å². The SMILES string of the molecule is COc1cc2c(cc1CS(=O)(=O)Cl)OCO2. The molecule has 0 unspecified atom stereocenters. The molecule has 0 N–H and O–H groups in total. The highest BCUT2D eigenvalue weighted by Gasteiger charge is 2.20. The lowest BCUT2D eigenvalue weighted by molar-refractivity contribution is 0.174. The molecule has 0 saturated carbocycles. The Bertz CT molecular complexity index is 511. The molecular formula is C9H9ClO5S. The summed E-state index contributed by atoms with van der Waals surface area (Å²) in [5.41, 5.74) is 0.446. The predicted octanol–water partition coefficient (Wildman–Crippen LogP) is 1.49. The molecule has 2 rings (SSSR count). The first-order valence-electron chi connectivity index (χ1n) is 4.38. The summed E-state index contributed by atoms with van der Waals surface area (Å²) in [6.07, 6.45) is 0. The maximum atomic E-state index is 11.0. The molecule has 1 heterocycles. The minimum absolute atomic E-state index is 0.121. The molecule has 7 heteroatoms. The molecule has 1 aliphatic heterocycles. The second kappa shape index (κ2) is 4.03. The van der Waals surface area contributed by atoms with Crippen LogP contribution in [0.4, 0.5) is 0 Å². The molecule has 1 aliphatic rings. The van der Waals surface area contributed by atoms with Crippen molar-refractivity contribution in [1.29, 1.82) is 0 Å². The highest BCUT2D eigenvalue weighted by molar-refractivity contribution is 8.13. The van der Waals surface area contributed by atoms with Gasteiger partial charge >= 0.3 is 0 Å². The largest absolute Gasteiger partial charge is 0.496 e. The molecule has 1 aromatic carbocycles. The highest BCUT2D eigenvalue weighted by atomic mass is 35.7. The van der Waals surface area contributed by atoms with E-state index in [2.05, 4.69) is 0 Å². The maximum Gasteiger partial charge on any atom is 0.236 e. The van der Waals surface area contributed by atoms with Crippen LogP contribution >= 0.6 is 10.7 Å². The van der Waals surface area contributed by atoms with Crippen LogP contribution in [0.1, 0.15) is 5.56 Å². The van der Waals surface area contributed by atoms with E-state index in [4.69, 9.17) is 24.9 Å². The van der Waals surface area contributed by atoms with Crippen molar-refractivity contribution in [2.45, 2.75) is 5.75 Å². The molecular weight excluding hydrogens is 256 g/mol. The summed E-state index contributed by atoms with van der Waals surface area (Å²) < 4.78 is 37.4. The summed E-state index contributed by atoms with van der Waals surface area (Å²) in [4.78, 5) is 0. The Morgan fingerprint density at radius 3 is 2.56 bits per heavy atom. The topological polar surface area (TPSA) is 61.8 Å². The first kappa shape index (κ1) is 11.3. The van der Waals surface area contributed by atoms with E-state index in [9.17, 15) is 8.42 Å². The Hall–Kier alpha value is -1.14. The van der Waals surface area contributed by atoms with Gasteiger partial charge in [-0.3, -0.25) is 0 Å². The van der Waals surface area contributed by atoms with Gasteiger partial charge in [0.1, 0.15) is 5.75 Å². The third kappa shape index (κ3) is 2.33. The van der Waals surface area contributed by atoms with Crippen molar-refractivity contribution in [2.24, 2.45) is 0 Å². The zero-order chi connectivity index (χ0) is 11.8. The Kier molecular flexibility index (Phi) is 2.86. The van der Waals surface area contributed by atoms with Crippen LogP contribution in [0.2, 0.25) is 0 Å². The minimum Gasteiger partial charge on any atom is -0.496 e. The molecule has 0 bridgehead atoms. The Labute approximate surface area is 97.3 Å². The van der Waals surface area contributed by atoms with Crippen LogP contribution in [-0.2, 0) is 14.8 Å². The third-order valence-corrected chi connectivity index (χ3v) is 3.09. The van der Waals surface area contributed by atoms with Crippen LogP contribution in [0.5, 0.6) is 17.2 Å². The van der Waals surface area contributed by atoms with Crippen LogP contribution in [-0.4, -0.2) is 22.3 Å². The molecule has 0 aliphatic carbocycles. The summed E-state index contributed by atoms with van der Waals surface area (Å²) in [5.74, 6) is 1.13. The second-order valence-electron chi connectivity index (χ2n) is 3.20. The van der Waals surface area contributed by atoms with Crippen molar-refractivity contribution < 1.29 is 22.6 Å². The van der Waals surface area contributed by atoms with Gasteiger partial charge in [-0.05, 0) is 6.07 Å². The molecule has 0 aromatic heterocycles.